The van der Waals surface area contributed by atoms with E-state index in [1.807, 2.05) is 6.92 Å². The molecule has 0 fully saturated rings. The maximum Gasteiger partial charge on any atom is 0.273 e. The zero-order chi connectivity index (χ0) is 15.3. The molecule has 5 heteroatoms. The average molecular weight is 281 g/mol. The summed E-state index contributed by atoms with van der Waals surface area (Å²) in [5.74, 6) is 0.557. The smallest absolute Gasteiger partial charge is 0.273 e. The molecule has 0 saturated heterocycles. The fourth-order valence-electron chi connectivity index (χ4n) is 2.00. The highest BCUT2D eigenvalue weighted by Crippen LogP contribution is 2.23. The molecule has 1 rings (SSSR count). The first-order valence-electron chi connectivity index (χ1n) is 7.25. The lowest BCUT2D eigenvalue weighted by molar-refractivity contribution is 0.0876. The number of nitrogens with one attached hydrogen (secondary N) is 1. The average Bonchev–Trinajstić information content (AvgIpc) is 2.92. The van der Waals surface area contributed by atoms with Crippen molar-refractivity contribution in [1.29, 1.82) is 0 Å². The fourth-order valence-corrected chi connectivity index (χ4v) is 2.00. The van der Waals surface area contributed by atoms with Crippen molar-refractivity contribution < 1.29 is 9.32 Å². The van der Waals surface area contributed by atoms with E-state index in [1.54, 1.807) is 6.07 Å². The molecule has 0 aliphatic rings. The van der Waals surface area contributed by atoms with Crippen LogP contribution in [0.4, 0.5) is 0 Å². The van der Waals surface area contributed by atoms with Crippen LogP contribution in [0.5, 0.6) is 0 Å². The van der Waals surface area contributed by atoms with E-state index in [1.165, 1.54) is 0 Å². The second-order valence-electron chi connectivity index (χ2n) is 5.95. The minimum Gasteiger partial charge on any atom is -0.361 e. The number of hydrogen-bond acceptors (Lipinski definition) is 4. The fraction of sp³-hybridized carbons (Fsp3) is 0.733. The number of carbonyl (C=O) groups is 1. The Labute approximate surface area is 121 Å². The quantitative estimate of drug-likeness (QED) is 0.833. The van der Waals surface area contributed by atoms with Gasteiger partial charge < -0.3 is 14.7 Å². The van der Waals surface area contributed by atoms with Crippen molar-refractivity contribution in [2.75, 3.05) is 20.1 Å². The Morgan fingerprint density at radius 3 is 2.65 bits per heavy atom. The maximum atomic E-state index is 12.0. The molecule has 1 amide bonds. The summed E-state index contributed by atoms with van der Waals surface area (Å²) in [6, 6.07) is 2.07. The molecule has 0 aliphatic heterocycles. The first-order chi connectivity index (χ1) is 9.31. The van der Waals surface area contributed by atoms with Crippen LogP contribution in [-0.4, -0.2) is 42.1 Å². The summed E-state index contributed by atoms with van der Waals surface area (Å²) in [6.45, 7) is 12.2. The summed E-state index contributed by atoms with van der Waals surface area (Å²) in [4.78, 5) is 14.3. The van der Waals surface area contributed by atoms with E-state index < -0.39 is 0 Å². The van der Waals surface area contributed by atoms with Crippen molar-refractivity contribution >= 4 is 5.91 Å². The van der Waals surface area contributed by atoms with E-state index in [-0.39, 0.29) is 11.3 Å². The van der Waals surface area contributed by atoms with Gasteiger partial charge in [0, 0.05) is 25.1 Å². The van der Waals surface area contributed by atoms with Gasteiger partial charge in [-0.1, -0.05) is 32.9 Å². The van der Waals surface area contributed by atoms with Crippen LogP contribution in [0.2, 0.25) is 0 Å². The summed E-state index contributed by atoms with van der Waals surface area (Å²) in [7, 11) is 2.10. The Morgan fingerprint density at radius 2 is 2.15 bits per heavy atom. The molecule has 1 aromatic rings. The van der Waals surface area contributed by atoms with Crippen molar-refractivity contribution in [2.24, 2.45) is 5.41 Å². The standard InChI is InChI=1S/C15H27N3O2/c1-7-12-9-13(17-20-12)14(19)16-10-15(4,5)11(3)18(6)8-2/h9,11H,7-8,10H2,1-6H3,(H,16,19). The number of aromatic nitrogens is 1. The Balaban J connectivity index is 2.59. The SMILES string of the molecule is CCc1cc(C(=O)NCC(C)(C)C(C)N(C)CC)no1. The Kier molecular flexibility index (Phi) is 5.74. The van der Waals surface area contributed by atoms with Crippen LogP contribution in [0.3, 0.4) is 0 Å². The van der Waals surface area contributed by atoms with Crippen LogP contribution in [0, 0.1) is 5.41 Å². The topological polar surface area (TPSA) is 58.4 Å². The molecule has 5 nitrogen and oxygen atoms in total. The molecule has 0 saturated carbocycles. The van der Waals surface area contributed by atoms with E-state index in [0.29, 0.717) is 18.3 Å². The minimum atomic E-state index is -0.173. The number of amides is 1. The molecule has 1 N–H and O–H groups in total. The van der Waals surface area contributed by atoms with Crippen molar-refractivity contribution in [1.82, 2.24) is 15.4 Å². The zero-order valence-corrected chi connectivity index (χ0v) is 13.5. The van der Waals surface area contributed by atoms with Crippen LogP contribution in [-0.2, 0) is 6.42 Å². The second-order valence-corrected chi connectivity index (χ2v) is 5.95. The maximum absolute atomic E-state index is 12.0. The second kappa shape index (κ2) is 6.88. The van der Waals surface area contributed by atoms with Crippen molar-refractivity contribution in [3.63, 3.8) is 0 Å². The van der Waals surface area contributed by atoms with Gasteiger partial charge in [0.25, 0.3) is 5.91 Å². The first-order valence-corrected chi connectivity index (χ1v) is 7.25. The number of aryl methyl sites for hydroxylation is 1. The third kappa shape index (κ3) is 4.07. The largest absolute Gasteiger partial charge is 0.361 e. The highest BCUT2D eigenvalue weighted by atomic mass is 16.5. The molecule has 0 aromatic carbocycles. The van der Waals surface area contributed by atoms with Crippen LogP contribution >= 0.6 is 0 Å². The lowest BCUT2D eigenvalue weighted by Gasteiger charge is -2.37. The van der Waals surface area contributed by atoms with Crippen LogP contribution in [0.15, 0.2) is 10.6 Å². The Hall–Kier alpha value is -1.36. The Bertz CT molecular complexity index is 440. The molecule has 0 spiro atoms. The van der Waals surface area contributed by atoms with Crippen LogP contribution in [0.1, 0.15) is 50.9 Å². The first kappa shape index (κ1) is 16.7. The number of nitrogens with zero attached hydrogens (tertiary/aromatic N) is 2. The van der Waals surface area contributed by atoms with Gasteiger partial charge in [0.15, 0.2) is 5.69 Å². The summed E-state index contributed by atoms with van der Waals surface area (Å²) >= 11 is 0. The third-order valence-corrected chi connectivity index (χ3v) is 4.14. The molecule has 1 aromatic heterocycles. The molecule has 1 atom stereocenters. The number of rotatable bonds is 7. The number of carbonyl (C=O) groups excluding carboxylic acids is 1. The molecule has 1 unspecified atom stereocenters. The predicted octanol–water partition coefficient (Wildman–Crippen LogP) is 2.33. The summed E-state index contributed by atoms with van der Waals surface area (Å²) in [5, 5.41) is 6.73. The highest BCUT2D eigenvalue weighted by Gasteiger charge is 2.29. The minimum absolute atomic E-state index is 0.0161. The van der Waals surface area contributed by atoms with Gasteiger partial charge in [-0.05, 0) is 25.9 Å². The van der Waals surface area contributed by atoms with E-state index in [0.717, 1.165) is 18.7 Å². The molecule has 114 valence electrons. The van der Waals surface area contributed by atoms with Gasteiger partial charge in [0.1, 0.15) is 5.76 Å². The summed E-state index contributed by atoms with van der Waals surface area (Å²) in [6.07, 6.45) is 0.740. The molecular weight excluding hydrogens is 254 g/mol. The van der Waals surface area contributed by atoms with Crippen LogP contribution in [0.25, 0.3) is 0 Å². The van der Waals surface area contributed by atoms with Gasteiger partial charge >= 0.3 is 0 Å². The molecule has 1 heterocycles. The summed E-state index contributed by atoms with van der Waals surface area (Å²) in [5.41, 5.74) is 0.340. The zero-order valence-electron chi connectivity index (χ0n) is 13.5. The van der Waals surface area contributed by atoms with Crippen molar-refractivity contribution in [3.05, 3.63) is 17.5 Å². The highest BCUT2D eigenvalue weighted by molar-refractivity contribution is 5.92. The lowest BCUT2D eigenvalue weighted by atomic mass is 9.84. The van der Waals surface area contributed by atoms with Crippen molar-refractivity contribution in [3.8, 4) is 0 Å². The Morgan fingerprint density at radius 1 is 1.50 bits per heavy atom. The van der Waals surface area contributed by atoms with Crippen LogP contribution < -0.4 is 5.32 Å². The molecule has 0 radical (unpaired) electrons. The van der Waals surface area contributed by atoms with E-state index >= 15 is 0 Å². The normalized spacial score (nSPS) is 13.6. The third-order valence-electron chi connectivity index (χ3n) is 4.14. The predicted molar refractivity (Wildman–Crippen MR) is 79.8 cm³/mol. The molecule has 0 aliphatic carbocycles. The van der Waals surface area contributed by atoms with Gasteiger partial charge in [0.05, 0.1) is 0 Å². The van der Waals surface area contributed by atoms with Gasteiger partial charge in [-0.3, -0.25) is 4.79 Å². The van der Waals surface area contributed by atoms with Gasteiger partial charge in [-0.25, -0.2) is 0 Å². The lowest BCUT2D eigenvalue weighted by Crippen LogP contribution is -2.47. The van der Waals surface area contributed by atoms with E-state index in [2.05, 4.69) is 50.1 Å². The monoisotopic (exact) mass is 281 g/mol. The van der Waals surface area contributed by atoms with E-state index in [9.17, 15) is 4.79 Å². The molecule has 20 heavy (non-hydrogen) atoms. The summed E-state index contributed by atoms with van der Waals surface area (Å²) < 4.78 is 5.05. The van der Waals surface area contributed by atoms with Gasteiger partial charge in [-0.15, -0.1) is 0 Å². The van der Waals surface area contributed by atoms with Crippen molar-refractivity contribution in [2.45, 2.75) is 47.1 Å². The van der Waals surface area contributed by atoms with E-state index in [4.69, 9.17) is 4.52 Å². The van der Waals surface area contributed by atoms with Gasteiger partial charge in [0.2, 0.25) is 0 Å². The molecular formula is C15H27N3O2. The number of hydrogen-bond donors (Lipinski definition) is 1. The van der Waals surface area contributed by atoms with Gasteiger partial charge in [-0.2, -0.15) is 0 Å². The molecule has 0 bridgehead atoms.